The number of hydrogen-bond acceptors (Lipinski definition) is 2. The molecule has 0 saturated carbocycles. The fourth-order valence-electron chi connectivity index (χ4n) is 2.84. The van der Waals surface area contributed by atoms with Crippen LogP contribution in [0.1, 0.15) is 16.7 Å². The van der Waals surface area contributed by atoms with E-state index in [9.17, 15) is 0 Å². The van der Waals surface area contributed by atoms with Crippen molar-refractivity contribution in [2.24, 2.45) is 9.98 Å². The molecule has 0 fully saturated rings. The Kier molecular flexibility index (Phi) is 3.97. The molecule has 0 bridgehead atoms. The summed E-state index contributed by atoms with van der Waals surface area (Å²) in [6.07, 6.45) is 0. The van der Waals surface area contributed by atoms with E-state index in [4.69, 9.17) is 21.6 Å². The van der Waals surface area contributed by atoms with Gasteiger partial charge in [-0.05, 0) is 6.07 Å². The van der Waals surface area contributed by atoms with E-state index in [0.29, 0.717) is 11.6 Å². The molecule has 1 aliphatic heterocycles. The third-order valence-electron chi connectivity index (χ3n) is 4.02. The van der Waals surface area contributed by atoms with Gasteiger partial charge >= 0.3 is 0 Å². The van der Waals surface area contributed by atoms with Crippen LogP contribution in [0.3, 0.4) is 0 Å². The molecule has 0 aliphatic carbocycles. The van der Waals surface area contributed by atoms with E-state index < -0.39 is 0 Å². The van der Waals surface area contributed by atoms with E-state index in [-0.39, 0.29) is 0 Å². The molecule has 0 N–H and O–H groups in total. The van der Waals surface area contributed by atoms with Crippen molar-refractivity contribution in [3.8, 4) is 0 Å². The summed E-state index contributed by atoms with van der Waals surface area (Å²) in [6.45, 7) is 0.569. The smallest absolute Gasteiger partial charge is 0.0968 e. The fourth-order valence-corrected chi connectivity index (χ4v) is 3.07. The Labute approximate surface area is 146 Å². The molecular formula is C21H15ClN2. The van der Waals surface area contributed by atoms with Crippen LogP contribution in [0.2, 0.25) is 5.02 Å². The van der Waals surface area contributed by atoms with Gasteiger partial charge in [0.25, 0.3) is 0 Å². The summed E-state index contributed by atoms with van der Waals surface area (Å²) in [7, 11) is 0. The van der Waals surface area contributed by atoms with Crippen LogP contribution in [0.4, 0.5) is 5.69 Å². The molecule has 116 valence electrons. The van der Waals surface area contributed by atoms with Gasteiger partial charge in [0.1, 0.15) is 0 Å². The summed E-state index contributed by atoms with van der Waals surface area (Å²) >= 11 is 6.40. The van der Waals surface area contributed by atoms with Crippen LogP contribution in [0, 0.1) is 0 Å². The zero-order chi connectivity index (χ0) is 16.4. The van der Waals surface area contributed by atoms with Crippen LogP contribution in [0.25, 0.3) is 0 Å². The Morgan fingerprint density at radius 2 is 1.29 bits per heavy atom. The van der Waals surface area contributed by atoms with Crippen molar-refractivity contribution in [3.05, 3.63) is 101 Å². The summed E-state index contributed by atoms with van der Waals surface area (Å²) in [5, 5.41) is 0.658. The van der Waals surface area contributed by atoms with E-state index in [1.807, 2.05) is 54.6 Å². The minimum absolute atomic E-state index is 0.569. The van der Waals surface area contributed by atoms with Crippen molar-refractivity contribution in [2.45, 2.75) is 6.54 Å². The molecule has 4 rings (SSSR count). The molecule has 3 aromatic carbocycles. The van der Waals surface area contributed by atoms with Crippen molar-refractivity contribution in [1.29, 1.82) is 0 Å². The van der Waals surface area contributed by atoms with Crippen molar-refractivity contribution < 1.29 is 0 Å². The number of fused-ring (bicyclic) bond motifs is 1. The van der Waals surface area contributed by atoms with Crippen molar-refractivity contribution in [3.63, 3.8) is 0 Å². The molecule has 3 aromatic rings. The summed E-state index contributed by atoms with van der Waals surface area (Å²) in [4.78, 5) is 9.78. The highest BCUT2D eigenvalue weighted by atomic mass is 35.5. The molecule has 0 atom stereocenters. The highest BCUT2D eigenvalue weighted by Gasteiger charge is 2.19. The van der Waals surface area contributed by atoms with Gasteiger partial charge in [-0.3, -0.25) is 4.99 Å². The maximum absolute atomic E-state index is 6.40. The van der Waals surface area contributed by atoms with E-state index in [0.717, 1.165) is 33.8 Å². The first-order valence-corrected chi connectivity index (χ1v) is 8.22. The first-order chi connectivity index (χ1) is 11.8. The standard InChI is InChI=1S/C21H15ClN2/c22-18-13-7-12-17-14-23-20(15-8-3-1-4-9-15)21(24-19(17)18)16-10-5-2-6-11-16/h1-13H,14H2. The van der Waals surface area contributed by atoms with Gasteiger partial charge in [0.05, 0.1) is 28.7 Å². The van der Waals surface area contributed by atoms with Gasteiger partial charge in [-0.15, -0.1) is 0 Å². The second-order valence-electron chi connectivity index (χ2n) is 5.60. The van der Waals surface area contributed by atoms with Crippen LogP contribution >= 0.6 is 11.6 Å². The van der Waals surface area contributed by atoms with E-state index in [1.54, 1.807) is 0 Å². The SMILES string of the molecule is Clc1cccc2c1N=C(c1ccccc1)C(c1ccccc1)=NC2. The number of rotatable bonds is 2. The summed E-state index contributed by atoms with van der Waals surface area (Å²) < 4.78 is 0. The number of aliphatic imine (C=N–C) groups is 2. The van der Waals surface area contributed by atoms with Gasteiger partial charge in [0.2, 0.25) is 0 Å². The normalized spacial score (nSPS) is 13.5. The first kappa shape index (κ1) is 14.9. The van der Waals surface area contributed by atoms with Gasteiger partial charge < -0.3 is 0 Å². The maximum Gasteiger partial charge on any atom is 0.0968 e. The third kappa shape index (κ3) is 2.77. The molecule has 0 aromatic heterocycles. The quantitative estimate of drug-likeness (QED) is 0.595. The summed E-state index contributed by atoms with van der Waals surface area (Å²) in [5.74, 6) is 0. The van der Waals surface area contributed by atoms with Gasteiger partial charge in [0, 0.05) is 16.7 Å². The number of para-hydroxylation sites is 1. The Hall–Kier alpha value is -2.71. The first-order valence-electron chi connectivity index (χ1n) is 7.84. The monoisotopic (exact) mass is 330 g/mol. The highest BCUT2D eigenvalue weighted by molar-refractivity contribution is 6.54. The Morgan fingerprint density at radius 1 is 0.667 bits per heavy atom. The molecule has 0 spiro atoms. The lowest BCUT2D eigenvalue weighted by Gasteiger charge is -2.10. The molecule has 0 unspecified atom stereocenters. The lowest BCUT2D eigenvalue weighted by atomic mass is 9.99. The van der Waals surface area contributed by atoms with Crippen LogP contribution in [-0.2, 0) is 6.54 Å². The number of halogens is 1. The lowest BCUT2D eigenvalue weighted by molar-refractivity contribution is 1.08. The minimum atomic E-state index is 0.569. The number of benzene rings is 3. The second-order valence-corrected chi connectivity index (χ2v) is 6.01. The van der Waals surface area contributed by atoms with Gasteiger partial charge in [-0.1, -0.05) is 84.4 Å². The van der Waals surface area contributed by atoms with E-state index >= 15 is 0 Å². The summed E-state index contributed by atoms with van der Waals surface area (Å²) in [5.41, 5.74) is 5.70. The fraction of sp³-hybridized carbons (Fsp3) is 0.0476. The van der Waals surface area contributed by atoms with E-state index in [2.05, 4.69) is 24.3 Å². The molecule has 2 nitrogen and oxygen atoms in total. The topological polar surface area (TPSA) is 24.7 Å². The third-order valence-corrected chi connectivity index (χ3v) is 4.33. The zero-order valence-corrected chi connectivity index (χ0v) is 13.7. The van der Waals surface area contributed by atoms with Crippen LogP contribution in [0.5, 0.6) is 0 Å². The lowest BCUT2D eigenvalue weighted by Crippen LogP contribution is -2.16. The van der Waals surface area contributed by atoms with Crippen molar-refractivity contribution in [1.82, 2.24) is 0 Å². The Morgan fingerprint density at radius 3 is 1.96 bits per heavy atom. The molecule has 0 radical (unpaired) electrons. The minimum Gasteiger partial charge on any atom is -0.278 e. The van der Waals surface area contributed by atoms with Crippen molar-refractivity contribution >= 4 is 28.7 Å². The largest absolute Gasteiger partial charge is 0.278 e. The molecule has 1 heterocycles. The summed E-state index contributed by atoms with van der Waals surface area (Å²) in [6, 6.07) is 26.2. The Bertz CT molecular complexity index is 929. The van der Waals surface area contributed by atoms with Gasteiger partial charge in [-0.25, -0.2) is 4.99 Å². The molecule has 0 saturated heterocycles. The van der Waals surface area contributed by atoms with E-state index in [1.165, 1.54) is 0 Å². The molecule has 1 aliphatic rings. The van der Waals surface area contributed by atoms with Gasteiger partial charge in [-0.2, -0.15) is 0 Å². The zero-order valence-electron chi connectivity index (χ0n) is 13.0. The average Bonchev–Trinajstić information content (AvgIpc) is 2.84. The number of nitrogens with zero attached hydrogens (tertiary/aromatic N) is 2. The number of hydrogen-bond donors (Lipinski definition) is 0. The van der Waals surface area contributed by atoms with Crippen molar-refractivity contribution in [2.75, 3.05) is 0 Å². The van der Waals surface area contributed by atoms with Crippen LogP contribution < -0.4 is 0 Å². The highest BCUT2D eigenvalue weighted by Crippen LogP contribution is 2.32. The second kappa shape index (κ2) is 6.42. The average molecular weight is 331 g/mol. The predicted octanol–water partition coefficient (Wildman–Crippen LogP) is 5.46. The van der Waals surface area contributed by atoms with Crippen LogP contribution in [0.15, 0.2) is 88.8 Å². The van der Waals surface area contributed by atoms with Gasteiger partial charge in [0.15, 0.2) is 0 Å². The predicted molar refractivity (Wildman–Crippen MR) is 101 cm³/mol. The molecule has 3 heteroatoms. The van der Waals surface area contributed by atoms with Crippen LogP contribution in [-0.4, -0.2) is 11.4 Å². The molecule has 0 amide bonds. The molecular weight excluding hydrogens is 316 g/mol. The molecule has 24 heavy (non-hydrogen) atoms. The maximum atomic E-state index is 6.40. The Balaban J connectivity index is 1.95.